The third kappa shape index (κ3) is 4.18. The summed E-state index contributed by atoms with van der Waals surface area (Å²) in [6.07, 6.45) is 5.82. The lowest BCUT2D eigenvalue weighted by Gasteiger charge is -2.21. The van der Waals surface area contributed by atoms with Crippen molar-refractivity contribution < 1.29 is 19.1 Å². The third-order valence-corrected chi connectivity index (χ3v) is 4.72. The van der Waals surface area contributed by atoms with E-state index in [2.05, 4.69) is 22.8 Å². The molecule has 1 aromatic carbocycles. The molecule has 1 saturated carbocycles. The Labute approximate surface area is 153 Å². The first-order chi connectivity index (χ1) is 12.2. The average Bonchev–Trinajstić information content (AvgIpc) is 3.17. The molecule has 140 valence electrons. The molecule has 2 bridgehead atoms. The topological polar surface area (TPSA) is 76.7 Å². The van der Waals surface area contributed by atoms with Gasteiger partial charge in [0.2, 0.25) is 5.91 Å². The molecule has 0 aliphatic heterocycles. The quantitative estimate of drug-likeness (QED) is 0.791. The van der Waals surface area contributed by atoms with Crippen LogP contribution in [0.4, 0.5) is 16.2 Å². The highest BCUT2D eigenvalue weighted by Crippen LogP contribution is 2.44. The van der Waals surface area contributed by atoms with Crippen LogP contribution in [-0.4, -0.2) is 24.7 Å². The van der Waals surface area contributed by atoms with Gasteiger partial charge >= 0.3 is 6.09 Å². The van der Waals surface area contributed by atoms with Crippen molar-refractivity contribution in [2.24, 2.45) is 17.8 Å². The molecule has 2 N–H and O–H groups in total. The van der Waals surface area contributed by atoms with E-state index in [1.165, 1.54) is 7.11 Å². The van der Waals surface area contributed by atoms with Crippen molar-refractivity contribution in [3.63, 3.8) is 0 Å². The maximum atomic E-state index is 12.5. The van der Waals surface area contributed by atoms with Gasteiger partial charge in [-0.2, -0.15) is 0 Å². The van der Waals surface area contributed by atoms with E-state index in [1.54, 1.807) is 39.0 Å². The second kappa shape index (κ2) is 7.02. The molecule has 2 aliphatic carbocycles. The number of rotatable bonds is 4. The minimum absolute atomic E-state index is 0.0376. The van der Waals surface area contributed by atoms with E-state index >= 15 is 0 Å². The second-order valence-electron chi connectivity index (χ2n) is 7.92. The van der Waals surface area contributed by atoms with E-state index in [0.717, 1.165) is 12.8 Å². The standard InChI is InChI=1S/C20H26N2O4/c1-20(2,3)26-19(24)22-16-8-7-14(11-17(16)25-4)21-18(23)15-10-12-5-6-13(15)9-12/h5-8,11-13,15H,9-10H2,1-4H3,(H,21,23)(H,22,24). The fourth-order valence-electron chi connectivity index (χ4n) is 3.60. The van der Waals surface area contributed by atoms with Gasteiger partial charge in [0.05, 0.1) is 12.8 Å². The van der Waals surface area contributed by atoms with E-state index in [-0.39, 0.29) is 11.8 Å². The molecule has 2 amide bonds. The average molecular weight is 358 g/mol. The molecule has 1 aromatic rings. The summed E-state index contributed by atoms with van der Waals surface area (Å²) in [4.78, 5) is 24.5. The zero-order valence-corrected chi connectivity index (χ0v) is 15.7. The van der Waals surface area contributed by atoms with Crippen molar-refractivity contribution in [3.05, 3.63) is 30.4 Å². The van der Waals surface area contributed by atoms with E-state index in [0.29, 0.717) is 29.0 Å². The van der Waals surface area contributed by atoms with Crippen molar-refractivity contribution in [1.29, 1.82) is 0 Å². The Bertz CT molecular complexity index is 736. The van der Waals surface area contributed by atoms with Gasteiger partial charge in [-0.25, -0.2) is 4.79 Å². The number of carbonyl (C=O) groups is 2. The van der Waals surface area contributed by atoms with Crippen molar-refractivity contribution in [2.45, 2.75) is 39.2 Å². The summed E-state index contributed by atoms with van der Waals surface area (Å²) in [5.74, 6) is 1.44. The molecule has 3 rings (SSSR count). The van der Waals surface area contributed by atoms with Crippen LogP contribution in [-0.2, 0) is 9.53 Å². The molecule has 6 nitrogen and oxygen atoms in total. The van der Waals surface area contributed by atoms with Crippen LogP contribution in [0.5, 0.6) is 5.75 Å². The van der Waals surface area contributed by atoms with E-state index in [9.17, 15) is 9.59 Å². The Morgan fingerprint density at radius 2 is 1.88 bits per heavy atom. The molecule has 2 aliphatic rings. The van der Waals surface area contributed by atoms with E-state index < -0.39 is 11.7 Å². The summed E-state index contributed by atoms with van der Waals surface area (Å²) in [7, 11) is 1.52. The number of allylic oxidation sites excluding steroid dienone is 2. The van der Waals surface area contributed by atoms with Gasteiger partial charge in [-0.05, 0) is 57.6 Å². The van der Waals surface area contributed by atoms with Crippen LogP contribution < -0.4 is 15.4 Å². The highest BCUT2D eigenvalue weighted by molar-refractivity contribution is 5.94. The first kappa shape index (κ1) is 18.3. The number of hydrogen-bond donors (Lipinski definition) is 2. The van der Waals surface area contributed by atoms with Gasteiger partial charge in [-0.15, -0.1) is 0 Å². The van der Waals surface area contributed by atoms with E-state index in [4.69, 9.17) is 9.47 Å². The maximum Gasteiger partial charge on any atom is 0.412 e. The number of fused-ring (bicyclic) bond motifs is 2. The van der Waals surface area contributed by atoms with Gasteiger partial charge < -0.3 is 14.8 Å². The monoisotopic (exact) mass is 358 g/mol. The van der Waals surface area contributed by atoms with Gasteiger partial charge in [-0.3, -0.25) is 10.1 Å². The Kier molecular flexibility index (Phi) is 4.94. The lowest BCUT2D eigenvalue weighted by atomic mass is 9.93. The molecule has 0 spiro atoms. The number of ether oxygens (including phenoxy) is 2. The van der Waals surface area contributed by atoms with Gasteiger partial charge in [0.1, 0.15) is 11.4 Å². The first-order valence-electron chi connectivity index (χ1n) is 8.92. The number of carbonyl (C=O) groups excluding carboxylic acids is 2. The minimum Gasteiger partial charge on any atom is -0.494 e. The molecular weight excluding hydrogens is 332 g/mol. The van der Waals surface area contributed by atoms with Crippen LogP contribution in [0.1, 0.15) is 33.6 Å². The molecule has 0 saturated heterocycles. The number of amides is 2. The van der Waals surface area contributed by atoms with Crippen LogP contribution in [0.15, 0.2) is 30.4 Å². The number of anilines is 2. The number of hydrogen-bond acceptors (Lipinski definition) is 4. The van der Waals surface area contributed by atoms with Gasteiger partial charge in [-0.1, -0.05) is 12.2 Å². The zero-order valence-electron chi connectivity index (χ0n) is 15.7. The fraction of sp³-hybridized carbons (Fsp3) is 0.500. The molecule has 0 aromatic heterocycles. The van der Waals surface area contributed by atoms with Crippen LogP contribution in [0.2, 0.25) is 0 Å². The Morgan fingerprint density at radius 1 is 1.12 bits per heavy atom. The van der Waals surface area contributed by atoms with Crippen molar-refractivity contribution >= 4 is 23.4 Å². The molecule has 3 atom stereocenters. The van der Waals surface area contributed by atoms with Gasteiger partial charge in [0.15, 0.2) is 0 Å². The minimum atomic E-state index is -0.583. The zero-order chi connectivity index (χ0) is 18.9. The lowest BCUT2D eigenvalue weighted by Crippen LogP contribution is -2.27. The van der Waals surface area contributed by atoms with Crippen LogP contribution in [0, 0.1) is 17.8 Å². The molecule has 0 radical (unpaired) electrons. The predicted molar refractivity (Wildman–Crippen MR) is 100 cm³/mol. The van der Waals surface area contributed by atoms with Crippen LogP contribution in [0.25, 0.3) is 0 Å². The van der Waals surface area contributed by atoms with Crippen molar-refractivity contribution in [2.75, 3.05) is 17.7 Å². The summed E-state index contributed by atoms with van der Waals surface area (Å²) in [6.45, 7) is 5.40. The van der Waals surface area contributed by atoms with E-state index in [1.807, 2.05) is 0 Å². The molecule has 26 heavy (non-hydrogen) atoms. The lowest BCUT2D eigenvalue weighted by molar-refractivity contribution is -0.120. The summed E-state index contributed by atoms with van der Waals surface area (Å²) >= 11 is 0. The molecule has 0 heterocycles. The largest absolute Gasteiger partial charge is 0.494 e. The van der Waals surface area contributed by atoms with Crippen molar-refractivity contribution in [3.8, 4) is 5.75 Å². The highest BCUT2D eigenvalue weighted by atomic mass is 16.6. The summed E-state index contributed by atoms with van der Waals surface area (Å²) in [5, 5.41) is 5.63. The molecule has 3 unspecified atom stereocenters. The van der Waals surface area contributed by atoms with Crippen LogP contribution >= 0.6 is 0 Å². The Hall–Kier alpha value is -2.50. The van der Waals surface area contributed by atoms with Gasteiger partial charge in [0, 0.05) is 17.7 Å². The number of nitrogens with one attached hydrogen (secondary N) is 2. The SMILES string of the molecule is COc1cc(NC(=O)C2CC3C=CC2C3)ccc1NC(=O)OC(C)(C)C. The number of methoxy groups -OCH3 is 1. The fourth-order valence-corrected chi connectivity index (χ4v) is 3.60. The summed E-state index contributed by atoms with van der Waals surface area (Å²) < 4.78 is 10.6. The second-order valence-corrected chi connectivity index (χ2v) is 7.92. The summed E-state index contributed by atoms with van der Waals surface area (Å²) in [5.41, 5.74) is 0.552. The maximum absolute atomic E-state index is 12.5. The highest BCUT2D eigenvalue weighted by Gasteiger charge is 2.39. The molecule has 6 heteroatoms. The Balaban J connectivity index is 1.65. The van der Waals surface area contributed by atoms with Crippen molar-refractivity contribution in [1.82, 2.24) is 0 Å². The number of benzene rings is 1. The first-order valence-corrected chi connectivity index (χ1v) is 8.92. The molecular formula is C20H26N2O4. The third-order valence-electron chi connectivity index (χ3n) is 4.72. The normalized spacial score (nSPS) is 23.6. The Morgan fingerprint density at radius 3 is 2.46 bits per heavy atom. The predicted octanol–water partition coefficient (Wildman–Crippen LogP) is 4.19. The van der Waals surface area contributed by atoms with Gasteiger partial charge in [0.25, 0.3) is 0 Å². The smallest absolute Gasteiger partial charge is 0.412 e. The summed E-state index contributed by atoms with van der Waals surface area (Å²) in [6, 6.07) is 5.14. The molecule has 1 fully saturated rings. The van der Waals surface area contributed by atoms with Crippen LogP contribution in [0.3, 0.4) is 0 Å².